The Morgan fingerprint density at radius 2 is 2.00 bits per heavy atom. The standard InChI is InChI=1S/C14H22O4/c1-3-6-13(16)18-12-8-5-7-10(14(12)17)9-11(15)4-2/h10,12H,3-9H2,1-2H3. The number of carbonyl (C=O) groups excluding carboxylic acids is 3. The van der Waals surface area contributed by atoms with Crippen LogP contribution in [0.2, 0.25) is 0 Å². The summed E-state index contributed by atoms with van der Waals surface area (Å²) in [7, 11) is 0. The Labute approximate surface area is 108 Å². The van der Waals surface area contributed by atoms with E-state index in [4.69, 9.17) is 4.74 Å². The molecule has 0 aromatic carbocycles. The third-order valence-corrected chi connectivity index (χ3v) is 3.33. The summed E-state index contributed by atoms with van der Waals surface area (Å²) in [6.07, 6.45) is 3.41. The van der Waals surface area contributed by atoms with Gasteiger partial charge in [0.25, 0.3) is 0 Å². The molecule has 2 unspecified atom stereocenters. The number of hydrogen-bond acceptors (Lipinski definition) is 4. The summed E-state index contributed by atoms with van der Waals surface area (Å²) >= 11 is 0. The molecule has 1 fully saturated rings. The highest BCUT2D eigenvalue weighted by molar-refractivity contribution is 5.92. The van der Waals surface area contributed by atoms with Crippen LogP contribution in [0.25, 0.3) is 0 Å². The van der Waals surface area contributed by atoms with E-state index in [0.717, 1.165) is 19.3 Å². The molecular formula is C14H22O4. The second-order valence-electron chi connectivity index (χ2n) is 4.86. The van der Waals surface area contributed by atoms with Crippen molar-refractivity contribution in [3.8, 4) is 0 Å². The van der Waals surface area contributed by atoms with Gasteiger partial charge in [0, 0.05) is 25.2 Å². The van der Waals surface area contributed by atoms with E-state index in [1.807, 2.05) is 6.92 Å². The van der Waals surface area contributed by atoms with Crippen molar-refractivity contribution in [2.45, 2.75) is 64.9 Å². The fraction of sp³-hybridized carbons (Fsp3) is 0.786. The number of esters is 1. The lowest BCUT2D eigenvalue weighted by molar-refractivity contribution is -0.159. The second-order valence-corrected chi connectivity index (χ2v) is 4.86. The lowest BCUT2D eigenvalue weighted by Crippen LogP contribution is -2.37. The van der Waals surface area contributed by atoms with Gasteiger partial charge in [-0.05, 0) is 25.7 Å². The Kier molecular flexibility index (Phi) is 6.02. The van der Waals surface area contributed by atoms with Crippen LogP contribution in [0.4, 0.5) is 0 Å². The van der Waals surface area contributed by atoms with E-state index in [1.165, 1.54) is 0 Å². The minimum atomic E-state index is -0.618. The number of ether oxygens (including phenoxy) is 1. The van der Waals surface area contributed by atoms with Crippen LogP contribution in [0, 0.1) is 5.92 Å². The van der Waals surface area contributed by atoms with Crippen molar-refractivity contribution in [2.75, 3.05) is 0 Å². The van der Waals surface area contributed by atoms with Gasteiger partial charge >= 0.3 is 5.97 Å². The summed E-state index contributed by atoms with van der Waals surface area (Å²) in [4.78, 5) is 34.9. The van der Waals surface area contributed by atoms with E-state index in [2.05, 4.69) is 0 Å². The average Bonchev–Trinajstić information content (AvgIpc) is 2.34. The first-order valence-corrected chi connectivity index (χ1v) is 6.83. The van der Waals surface area contributed by atoms with Crippen molar-refractivity contribution in [3.05, 3.63) is 0 Å². The molecule has 0 radical (unpaired) electrons. The summed E-state index contributed by atoms with van der Waals surface area (Å²) in [5.74, 6) is -0.509. The zero-order valence-corrected chi connectivity index (χ0v) is 11.2. The molecule has 1 rings (SSSR count). The molecule has 1 aliphatic carbocycles. The molecule has 18 heavy (non-hydrogen) atoms. The van der Waals surface area contributed by atoms with Crippen molar-refractivity contribution in [1.82, 2.24) is 0 Å². The van der Waals surface area contributed by atoms with E-state index in [1.54, 1.807) is 6.92 Å². The van der Waals surface area contributed by atoms with Crippen LogP contribution < -0.4 is 0 Å². The molecule has 0 saturated heterocycles. The van der Waals surface area contributed by atoms with Gasteiger partial charge in [0.15, 0.2) is 11.9 Å². The normalized spacial score (nSPS) is 23.8. The van der Waals surface area contributed by atoms with Gasteiger partial charge in [0.05, 0.1) is 0 Å². The molecule has 4 nitrogen and oxygen atoms in total. The first-order chi connectivity index (χ1) is 8.58. The summed E-state index contributed by atoms with van der Waals surface area (Å²) in [6.45, 7) is 3.70. The zero-order chi connectivity index (χ0) is 13.5. The van der Waals surface area contributed by atoms with Crippen LogP contribution in [0.3, 0.4) is 0 Å². The van der Waals surface area contributed by atoms with Crippen LogP contribution in [0.1, 0.15) is 58.8 Å². The Morgan fingerprint density at radius 1 is 1.28 bits per heavy atom. The number of rotatable bonds is 6. The molecule has 2 atom stereocenters. The predicted molar refractivity (Wildman–Crippen MR) is 67.1 cm³/mol. The van der Waals surface area contributed by atoms with Gasteiger partial charge in [-0.15, -0.1) is 0 Å². The van der Waals surface area contributed by atoms with Crippen LogP contribution in [-0.2, 0) is 19.1 Å². The maximum Gasteiger partial charge on any atom is 0.306 e. The van der Waals surface area contributed by atoms with Crippen molar-refractivity contribution in [3.63, 3.8) is 0 Å². The van der Waals surface area contributed by atoms with Crippen molar-refractivity contribution in [1.29, 1.82) is 0 Å². The molecule has 1 aliphatic rings. The largest absolute Gasteiger partial charge is 0.454 e. The zero-order valence-electron chi connectivity index (χ0n) is 11.2. The first-order valence-electron chi connectivity index (χ1n) is 6.83. The Hall–Kier alpha value is -1.19. The summed E-state index contributed by atoms with van der Waals surface area (Å²) < 4.78 is 5.19. The maximum atomic E-state index is 12.1. The maximum absolute atomic E-state index is 12.1. The van der Waals surface area contributed by atoms with Crippen molar-refractivity contribution >= 4 is 17.5 Å². The molecular weight excluding hydrogens is 232 g/mol. The Morgan fingerprint density at radius 3 is 2.61 bits per heavy atom. The molecule has 102 valence electrons. The van der Waals surface area contributed by atoms with Crippen LogP contribution >= 0.6 is 0 Å². The number of carbonyl (C=O) groups is 3. The predicted octanol–water partition coefficient (Wildman–Crippen LogP) is 2.44. The summed E-state index contributed by atoms with van der Waals surface area (Å²) in [5.41, 5.74) is 0. The molecule has 0 aliphatic heterocycles. The van der Waals surface area contributed by atoms with Gasteiger partial charge in [0.1, 0.15) is 5.78 Å². The van der Waals surface area contributed by atoms with Crippen LogP contribution in [0.15, 0.2) is 0 Å². The smallest absolute Gasteiger partial charge is 0.306 e. The monoisotopic (exact) mass is 254 g/mol. The molecule has 0 spiro atoms. The van der Waals surface area contributed by atoms with Crippen molar-refractivity contribution in [2.24, 2.45) is 5.92 Å². The number of ketones is 2. The summed E-state index contributed by atoms with van der Waals surface area (Å²) in [6, 6.07) is 0. The first kappa shape index (κ1) is 14.9. The Bertz CT molecular complexity index is 322. The van der Waals surface area contributed by atoms with Crippen molar-refractivity contribution < 1.29 is 19.1 Å². The molecule has 0 N–H and O–H groups in total. The molecule has 0 aromatic heterocycles. The SMILES string of the molecule is CCCC(=O)OC1CCCC(CC(=O)CC)C1=O. The number of Topliss-reactive ketones (excluding diaryl/α,β-unsaturated/α-hetero) is 2. The summed E-state index contributed by atoms with van der Waals surface area (Å²) in [5, 5.41) is 0. The fourth-order valence-corrected chi connectivity index (χ4v) is 2.26. The van der Waals surface area contributed by atoms with Crippen LogP contribution in [0.5, 0.6) is 0 Å². The molecule has 1 saturated carbocycles. The topological polar surface area (TPSA) is 60.4 Å². The van der Waals surface area contributed by atoms with Gasteiger partial charge in [-0.3, -0.25) is 14.4 Å². The van der Waals surface area contributed by atoms with Crippen LogP contribution in [-0.4, -0.2) is 23.6 Å². The second kappa shape index (κ2) is 7.29. The van der Waals surface area contributed by atoms with Gasteiger partial charge in [-0.25, -0.2) is 0 Å². The van der Waals surface area contributed by atoms with E-state index in [-0.39, 0.29) is 23.5 Å². The van der Waals surface area contributed by atoms with Gasteiger partial charge in [-0.2, -0.15) is 0 Å². The van der Waals surface area contributed by atoms with E-state index in [0.29, 0.717) is 25.7 Å². The lowest BCUT2D eigenvalue weighted by atomic mass is 9.82. The average molecular weight is 254 g/mol. The number of hydrogen-bond donors (Lipinski definition) is 0. The minimum Gasteiger partial charge on any atom is -0.454 e. The lowest BCUT2D eigenvalue weighted by Gasteiger charge is -2.27. The molecule has 0 amide bonds. The molecule has 0 bridgehead atoms. The van der Waals surface area contributed by atoms with Gasteiger partial charge < -0.3 is 4.74 Å². The fourth-order valence-electron chi connectivity index (χ4n) is 2.26. The Balaban J connectivity index is 2.52. The quantitative estimate of drug-likeness (QED) is 0.683. The van der Waals surface area contributed by atoms with E-state index in [9.17, 15) is 14.4 Å². The highest BCUT2D eigenvalue weighted by Gasteiger charge is 2.34. The van der Waals surface area contributed by atoms with E-state index >= 15 is 0 Å². The minimum absolute atomic E-state index is 0.0625. The molecule has 0 heterocycles. The highest BCUT2D eigenvalue weighted by atomic mass is 16.5. The third kappa shape index (κ3) is 4.24. The molecule has 0 aromatic rings. The van der Waals surface area contributed by atoms with Gasteiger partial charge in [-0.1, -0.05) is 13.8 Å². The van der Waals surface area contributed by atoms with Gasteiger partial charge in [0.2, 0.25) is 0 Å². The highest BCUT2D eigenvalue weighted by Crippen LogP contribution is 2.26. The third-order valence-electron chi connectivity index (χ3n) is 3.33. The molecule has 4 heteroatoms. The van der Waals surface area contributed by atoms with E-state index < -0.39 is 6.10 Å².